The zero-order valence-corrected chi connectivity index (χ0v) is 34.8. The number of anilines is 2. The molecule has 0 radical (unpaired) electrons. The molecule has 0 spiro atoms. The van der Waals surface area contributed by atoms with Crippen LogP contribution in [0.5, 0.6) is 11.5 Å². The molecule has 11 nitrogen and oxygen atoms in total. The number of nitrogens with zero attached hydrogens (tertiary/aromatic N) is 3. The van der Waals surface area contributed by atoms with Gasteiger partial charge in [0.1, 0.15) is 17.0 Å². The number of oxazole rings is 1. The minimum atomic E-state index is -1.64. The van der Waals surface area contributed by atoms with Crippen molar-refractivity contribution in [1.29, 1.82) is 0 Å². The second kappa shape index (κ2) is 15.0. The van der Waals surface area contributed by atoms with E-state index in [1.807, 2.05) is 36.4 Å². The number of hydrogen-bond acceptors (Lipinski definition) is 9. The number of imide groups is 2. The number of allylic oxidation sites excluding steroid dienone is 3. The minimum Gasteiger partial charge on any atom is -0.507 e. The van der Waals surface area contributed by atoms with E-state index in [1.54, 1.807) is 78.9 Å². The summed E-state index contributed by atoms with van der Waals surface area (Å²) >= 11 is 12.8. The molecule has 3 heterocycles. The molecule has 62 heavy (non-hydrogen) atoms. The molecule has 13 heteroatoms. The first-order valence-electron chi connectivity index (χ1n) is 20.2. The van der Waals surface area contributed by atoms with E-state index in [2.05, 4.69) is 17.0 Å². The van der Waals surface area contributed by atoms with Gasteiger partial charge in [0.2, 0.25) is 17.7 Å². The molecule has 4 amide bonds. The highest BCUT2D eigenvalue weighted by molar-refractivity contribution is 6.36. The molecule has 6 atom stereocenters. The highest BCUT2D eigenvalue weighted by atomic mass is 35.5. The van der Waals surface area contributed by atoms with Crippen molar-refractivity contribution in [2.24, 2.45) is 23.7 Å². The Morgan fingerprint density at radius 3 is 2.42 bits per heavy atom. The van der Waals surface area contributed by atoms with E-state index in [4.69, 9.17) is 32.4 Å². The molecule has 4 aliphatic rings. The number of nitrogens with one attached hydrogen (secondary N) is 1. The predicted molar refractivity (Wildman–Crippen MR) is 235 cm³/mol. The first kappa shape index (κ1) is 39.4. The summed E-state index contributed by atoms with van der Waals surface area (Å²) in [4.78, 5) is 66.0. The summed E-state index contributed by atoms with van der Waals surface area (Å²) in [6, 6.07) is 31.4. The van der Waals surface area contributed by atoms with Gasteiger partial charge in [-0.05, 0) is 103 Å². The lowest BCUT2D eigenvalue weighted by atomic mass is 9.49. The van der Waals surface area contributed by atoms with Gasteiger partial charge in [-0.2, -0.15) is 5.01 Å². The van der Waals surface area contributed by atoms with Gasteiger partial charge in [-0.1, -0.05) is 83.4 Å². The van der Waals surface area contributed by atoms with Gasteiger partial charge in [-0.25, -0.2) is 4.98 Å². The number of carbonyl (C=O) groups is 4. The molecule has 2 aliphatic heterocycles. The fraction of sp³-hybridized carbons (Fsp3) is 0.204. The fourth-order valence-corrected chi connectivity index (χ4v) is 10.8. The van der Waals surface area contributed by atoms with Crippen LogP contribution in [0.4, 0.5) is 11.4 Å². The number of ether oxygens (including phenoxy) is 1. The number of phenols is 1. The SMILES string of the molecule is C=CCc1cccc(C2C3=CCC4C(=O)N(c5ccc(-c6nc7ccccc7o6)cc5)C(=O)C4C3CC3C(=O)N(Nc4ccc(Cl)cc4Cl)C(=O)C32c2ccc(OC)cc2)c1O. The molecule has 6 unspecified atom stereocenters. The van der Waals surface area contributed by atoms with E-state index in [-0.39, 0.29) is 35.2 Å². The van der Waals surface area contributed by atoms with Crippen LogP contribution in [-0.4, -0.2) is 45.8 Å². The number of para-hydroxylation sites is 3. The van der Waals surface area contributed by atoms with Crippen LogP contribution in [0.3, 0.4) is 0 Å². The number of methoxy groups -OCH3 is 1. The number of halogens is 2. The standard InChI is InChI=1S/C49H38Cl2N4O7/c1-3-7-26-8-6-9-34(43(26)56)42-32-21-22-33-41(47(59)54(45(33)57)30-17-12-27(13-18-30)44-52-39-10-4-5-11-40(39)62-44)35(32)25-36-46(58)55(53-38-23-16-29(50)24-37(38)51)48(60)49(36,42)28-14-19-31(61-2)20-15-28/h3-6,8-21,23-24,33,35-36,41-42,53,56H,1,7,22,25H2,2H3. The number of rotatable bonds is 9. The van der Waals surface area contributed by atoms with Crippen molar-refractivity contribution in [2.75, 3.05) is 17.4 Å². The third-order valence-electron chi connectivity index (χ3n) is 13.1. The summed E-state index contributed by atoms with van der Waals surface area (Å²) < 4.78 is 11.5. The number of hydrazine groups is 1. The Hall–Kier alpha value is -6.69. The van der Waals surface area contributed by atoms with Crippen LogP contribution >= 0.6 is 23.2 Å². The first-order chi connectivity index (χ1) is 30.0. The van der Waals surface area contributed by atoms with Gasteiger partial charge in [0, 0.05) is 22.1 Å². The number of carbonyl (C=O) groups excluding carboxylic acids is 4. The van der Waals surface area contributed by atoms with Crippen LogP contribution in [0.15, 0.2) is 138 Å². The van der Waals surface area contributed by atoms with Gasteiger partial charge < -0.3 is 14.3 Å². The highest BCUT2D eigenvalue weighted by Gasteiger charge is 2.70. The molecule has 310 valence electrons. The molecule has 3 fully saturated rings. The minimum absolute atomic E-state index is 0.0467. The van der Waals surface area contributed by atoms with E-state index in [0.717, 1.165) is 5.01 Å². The molecule has 6 aromatic rings. The van der Waals surface area contributed by atoms with Crippen molar-refractivity contribution in [3.63, 3.8) is 0 Å². The van der Waals surface area contributed by atoms with Crippen LogP contribution in [-0.2, 0) is 31.0 Å². The molecule has 2 saturated heterocycles. The Bertz CT molecular complexity index is 2860. The van der Waals surface area contributed by atoms with Crippen LogP contribution in [0.2, 0.25) is 10.0 Å². The third kappa shape index (κ3) is 5.89. The fourth-order valence-electron chi connectivity index (χ4n) is 10.4. The van der Waals surface area contributed by atoms with Gasteiger partial charge in [-0.3, -0.25) is 29.5 Å². The van der Waals surface area contributed by atoms with Crippen LogP contribution < -0.4 is 15.1 Å². The Balaban J connectivity index is 1.10. The van der Waals surface area contributed by atoms with Crippen LogP contribution in [0.25, 0.3) is 22.6 Å². The monoisotopic (exact) mass is 864 g/mol. The van der Waals surface area contributed by atoms with Crippen LogP contribution in [0, 0.1) is 23.7 Å². The predicted octanol–water partition coefficient (Wildman–Crippen LogP) is 9.43. The highest BCUT2D eigenvalue weighted by Crippen LogP contribution is 2.65. The van der Waals surface area contributed by atoms with E-state index in [9.17, 15) is 14.7 Å². The van der Waals surface area contributed by atoms with Crippen molar-refractivity contribution in [3.8, 4) is 23.0 Å². The first-order valence-corrected chi connectivity index (χ1v) is 21.0. The Morgan fingerprint density at radius 1 is 0.919 bits per heavy atom. The largest absolute Gasteiger partial charge is 0.507 e. The van der Waals surface area contributed by atoms with Gasteiger partial charge in [0.05, 0.1) is 46.7 Å². The third-order valence-corrected chi connectivity index (χ3v) is 13.6. The van der Waals surface area contributed by atoms with Gasteiger partial charge in [-0.15, -0.1) is 6.58 Å². The topological polar surface area (TPSA) is 142 Å². The number of hydrogen-bond donors (Lipinski definition) is 2. The summed E-state index contributed by atoms with van der Waals surface area (Å²) in [5, 5.41) is 13.7. The number of phenolic OH excluding ortho intramolecular Hbond substituents is 1. The Labute approximate surface area is 366 Å². The zero-order valence-electron chi connectivity index (χ0n) is 33.3. The number of aromatic nitrogens is 1. The summed E-state index contributed by atoms with van der Waals surface area (Å²) in [7, 11) is 1.54. The second-order valence-corrected chi connectivity index (χ2v) is 16.9. The van der Waals surface area contributed by atoms with Crippen molar-refractivity contribution >= 4 is 69.3 Å². The molecule has 5 aromatic carbocycles. The maximum Gasteiger partial charge on any atom is 0.260 e. The molecule has 0 bridgehead atoms. The quantitative estimate of drug-likeness (QED) is 0.107. The lowest BCUT2D eigenvalue weighted by Gasteiger charge is -2.50. The van der Waals surface area contributed by atoms with Gasteiger partial charge >= 0.3 is 0 Å². The van der Waals surface area contributed by atoms with Crippen molar-refractivity contribution in [1.82, 2.24) is 9.99 Å². The summed E-state index contributed by atoms with van der Waals surface area (Å²) in [5.74, 6) is -5.23. The summed E-state index contributed by atoms with van der Waals surface area (Å²) in [6.07, 6.45) is 4.23. The van der Waals surface area contributed by atoms with Crippen molar-refractivity contribution in [3.05, 3.63) is 160 Å². The van der Waals surface area contributed by atoms with Crippen LogP contribution in [0.1, 0.15) is 35.4 Å². The average molecular weight is 866 g/mol. The second-order valence-electron chi connectivity index (χ2n) is 16.1. The Morgan fingerprint density at radius 2 is 1.69 bits per heavy atom. The average Bonchev–Trinajstić information content (AvgIpc) is 3.90. The van der Waals surface area contributed by atoms with Gasteiger partial charge in [0.15, 0.2) is 5.58 Å². The molecule has 1 saturated carbocycles. The smallest absolute Gasteiger partial charge is 0.260 e. The van der Waals surface area contributed by atoms with E-state index < -0.39 is 52.7 Å². The Kier molecular flexibility index (Phi) is 9.57. The molecular weight excluding hydrogens is 827 g/mol. The van der Waals surface area contributed by atoms with E-state index >= 15 is 9.59 Å². The number of aromatic hydroxyl groups is 1. The molecule has 2 N–H and O–H groups in total. The molecule has 2 aliphatic carbocycles. The lowest BCUT2D eigenvalue weighted by Crippen LogP contribution is -2.53. The number of amides is 4. The maximum atomic E-state index is 15.6. The lowest BCUT2D eigenvalue weighted by molar-refractivity contribution is -0.138. The van der Waals surface area contributed by atoms with Gasteiger partial charge in [0.25, 0.3) is 11.8 Å². The molecule has 1 aromatic heterocycles. The molecule has 10 rings (SSSR count). The zero-order chi connectivity index (χ0) is 43.0. The van der Waals surface area contributed by atoms with E-state index in [1.165, 1.54) is 18.1 Å². The van der Waals surface area contributed by atoms with Crippen molar-refractivity contribution in [2.45, 2.75) is 30.6 Å². The number of fused-ring (bicyclic) bond motifs is 5. The maximum absolute atomic E-state index is 15.6. The summed E-state index contributed by atoms with van der Waals surface area (Å²) in [6.45, 7) is 3.88. The normalized spacial score (nSPS) is 24.2. The molecular formula is C49H38Cl2N4O7. The van der Waals surface area contributed by atoms with Crippen molar-refractivity contribution < 1.29 is 33.4 Å². The van der Waals surface area contributed by atoms with E-state index in [0.29, 0.717) is 67.7 Å². The number of benzene rings is 5. The summed E-state index contributed by atoms with van der Waals surface area (Å²) in [5.41, 5.74) is 6.28.